The first-order valence-corrected chi connectivity index (χ1v) is 6.36. The van der Waals surface area contributed by atoms with E-state index < -0.39 is 0 Å². The van der Waals surface area contributed by atoms with Crippen LogP contribution in [0.1, 0.15) is 5.69 Å². The van der Waals surface area contributed by atoms with Crippen LogP contribution in [0.2, 0.25) is 0 Å². The molecule has 3 heteroatoms. The van der Waals surface area contributed by atoms with E-state index in [0.717, 1.165) is 10.3 Å². The monoisotopic (exact) mass is 265 g/mol. The first kappa shape index (κ1) is 10.2. The van der Waals surface area contributed by atoms with Crippen molar-refractivity contribution in [1.82, 2.24) is 4.98 Å². The van der Waals surface area contributed by atoms with E-state index in [1.165, 1.54) is 4.46 Å². The number of hydrogen-bond acceptors (Lipinski definition) is 2. The molecule has 76 valence electrons. The van der Waals surface area contributed by atoms with Gasteiger partial charge in [-0.25, -0.2) is 0 Å². The number of nitrogens with zero attached hydrogens (tertiary/aromatic N) is 1. The van der Waals surface area contributed by atoms with Crippen molar-refractivity contribution in [2.75, 3.05) is 0 Å². The van der Waals surface area contributed by atoms with Gasteiger partial charge in [-0.3, -0.25) is 0 Å². The fourth-order valence-electron chi connectivity index (χ4n) is 1.20. The summed E-state index contributed by atoms with van der Waals surface area (Å²) in [6.45, 7) is 1.93. The van der Waals surface area contributed by atoms with Crippen molar-refractivity contribution in [3.63, 3.8) is 0 Å². The molecule has 0 saturated heterocycles. The average Bonchev–Trinajstić information content (AvgIpc) is 2.25. The molecule has 0 spiro atoms. The van der Waals surface area contributed by atoms with Crippen LogP contribution in [0.15, 0.2) is 42.5 Å². The Balaban J connectivity index is 2.28. The first-order chi connectivity index (χ1) is 7.25. The van der Waals surface area contributed by atoms with Gasteiger partial charge in [-0.1, -0.05) is 0 Å². The number of aromatic hydroxyl groups is 1. The van der Waals surface area contributed by atoms with Crippen molar-refractivity contribution in [3.05, 3.63) is 48.2 Å². The van der Waals surface area contributed by atoms with E-state index in [-0.39, 0.29) is 15.0 Å². The Hall–Kier alpha value is -1.31. The van der Waals surface area contributed by atoms with Gasteiger partial charge in [-0.05, 0) is 0 Å². The van der Waals surface area contributed by atoms with Gasteiger partial charge in [0.2, 0.25) is 0 Å². The van der Waals surface area contributed by atoms with Crippen molar-refractivity contribution in [2.24, 2.45) is 0 Å². The summed E-state index contributed by atoms with van der Waals surface area (Å²) in [5.74, 6) is 0.296. The number of pyridine rings is 1. The molecule has 0 fully saturated rings. The molecule has 1 heterocycles. The van der Waals surface area contributed by atoms with Gasteiger partial charge in [0.15, 0.2) is 0 Å². The SMILES string of the molecule is Cc1ccc(O)c([Se]c2ccccc2)n1. The van der Waals surface area contributed by atoms with Gasteiger partial charge >= 0.3 is 94.9 Å². The van der Waals surface area contributed by atoms with Gasteiger partial charge in [0.25, 0.3) is 0 Å². The van der Waals surface area contributed by atoms with Crippen LogP contribution in [0.3, 0.4) is 0 Å². The van der Waals surface area contributed by atoms with Gasteiger partial charge in [0.1, 0.15) is 0 Å². The van der Waals surface area contributed by atoms with Crippen LogP contribution in [0, 0.1) is 6.92 Å². The van der Waals surface area contributed by atoms with E-state index in [0.29, 0.717) is 5.75 Å². The number of aromatic nitrogens is 1. The molecular weight excluding hydrogens is 253 g/mol. The standard InChI is InChI=1S/C12H11NOSe/c1-9-7-8-11(14)12(13-9)15-10-5-3-2-4-6-10/h2-8,14H,1H3. The summed E-state index contributed by atoms with van der Waals surface area (Å²) in [6, 6.07) is 13.6. The molecule has 0 unspecified atom stereocenters. The fraction of sp³-hybridized carbons (Fsp3) is 0.0833. The number of benzene rings is 1. The molecule has 15 heavy (non-hydrogen) atoms. The summed E-state index contributed by atoms with van der Waals surface area (Å²) in [5, 5.41) is 9.65. The summed E-state index contributed by atoms with van der Waals surface area (Å²) >= 11 is 0.0807. The second kappa shape index (κ2) is 4.47. The molecule has 0 bridgehead atoms. The minimum absolute atomic E-state index is 0.0807. The zero-order chi connectivity index (χ0) is 10.7. The van der Waals surface area contributed by atoms with Crippen LogP contribution < -0.4 is 9.05 Å². The third kappa shape index (κ3) is 2.58. The Morgan fingerprint density at radius 2 is 1.80 bits per heavy atom. The summed E-state index contributed by atoms with van der Waals surface area (Å²) < 4.78 is 2.02. The molecule has 0 aliphatic heterocycles. The second-order valence-electron chi connectivity index (χ2n) is 3.19. The predicted octanol–water partition coefficient (Wildman–Crippen LogP) is 0.751. The van der Waals surface area contributed by atoms with Crippen molar-refractivity contribution >= 4 is 24.0 Å². The van der Waals surface area contributed by atoms with Gasteiger partial charge in [-0.15, -0.1) is 0 Å². The molecule has 2 nitrogen and oxygen atoms in total. The Morgan fingerprint density at radius 3 is 2.53 bits per heavy atom. The molecule has 1 aromatic heterocycles. The Kier molecular flexibility index (Phi) is 3.05. The quantitative estimate of drug-likeness (QED) is 0.812. The van der Waals surface area contributed by atoms with Crippen molar-refractivity contribution < 1.29 is 5.11 Å². The second-order valence-corrected chi connectivity index (χ2v) is 5.42. The van der Waals surface area contributed by atoms with Crippen LogP contribution in [0.4, 0.5) is 0 Å². The van der Waals surface area contributed by atoms with Crippen LogP contribution in [-0.4, -0.2) is 25.0 Å². The topological polar surface area (TPSA) is 33.1 Å². The van der Waals surface area contributed by atoms with E-state index in [2.05, 4.69) is 17.1 Å². The molecule has 0 aliphatic carbocycles. The van der Waals surface area contributed by atoms with Crippen molar-refractivity contribution in [2.45, 2.75) is 6.92 Å². The van der Waals surface area contributed by atoms with E-state index >= 15 is 0 Å². The molecule has 0 amide bonds. The third-order valence-corrected chi connectivity index (χ3v) is 4.04. The first-order valence-electron chi connectivity index (χ1n) is 4.65. The summed E-state index contributed by atoms with van der Waals surface area (Å²) in [4.78, 5) is 4.35. The predicted molar refractivity (Wildman–Crippen MR) is 62.1 cm³/mol. The molecule has 0 radical (unpaired) electrons. The molecule has 0 saturated carbocycles. The molecule has 2 aromatic rings. The van der Waals surface area contributed by atoms with Crippen molar-refractivity contribution in [1.29, 1.82) is 0 Å². The zero-order valence-electron chi connectivity index (χ0n) is 8.34. The molecule has 2 rings (SSSR count). The third-order valence-electron chi connectivity index (χ3n) is 1.94. The van der Waals surface area contributed by atoms with Crippen molar-refractivity contribution in [3.8, 4) is 5.75 Å². The molecule has 0 atom stereocenters. The van der Waals surface area contributed by atoms with Gasteiger partial charge in [0.05, 0.1) is 0 Å². The fourth-order valence-corrected chi connectivity index (χ4v) is 3.04. The van der Waals surface area contributed by atoms with Crippen LogP contribution in [0.5, 0.6) is 5.75 Å². The average molecular weight is 264 g/mol. The van der Waals surface area contributed by atoms with Gasteiger partial charge in [0, 0.05) is 0 Å². The van der Waals surface area contributed by atoms with E-state index in [4.69, 9.17) is 0 Å². The van der Waals surface area contributed by atoms with E-state index in [1.54, 1.807) is 6.07 Å². The van der Waals surface area contributed by atoms with Crippen LogP contribution >= 0.6 is 0 Å². The molecule has 1 N–H and O–H groups in total. The molecule has 0 aliphatic rings. The Morgan fingerprint density at radius 1 is 1.07 bits per heavy atom. The van der Waals surface area contributed by atoms with Gasteiger partial charge < -0.3 is 0 Å². The zero-order valence-corrected chi connectivity index (χ0v) is 10.1. The number of rotatable bonds is 2. The maximum absolute atomic E-state index is 9.65. The summed E-state index contributed by atoms with van der Waals surface area (Å²) in [5.41, 5.74) is 0.945. The summed E-state index contributed by atoms with van der Waals surface area (Å²) in [6.07, 6.45) is 0. The molecule has 1 aromatic carbocycles. The van der Waals surface area contributed by atoms with E-state index in [9.17, 15) is 5.11 Å². The number of hydrogen-bond donors (Lipinski definition) is 1. The normalized spacial score (nSPS) is 10.2. The van der Waals surface area contributed by atoms with E-state index in [1.807, 2.05) is 31.2 Å². The Bertz CT molecular complexity index is 456. The minimum atomic E-state index is 0.0807. The summed E-state index contributed by atoms with van der Waals surface area (Å²) in [7, 11) is 0. The van der Waals surface area contributed by atoms with Crippen LogP contribution in [0.25, 0.3) is 0 Å². The number of aryl methyl sites for hydroxylation is 1. The maximum atomic E-state index is 9.65. The van der Waals surface area contributed by atoms with Gasteiger partial charge in [-0.2, -0.15) is 0 Å². The van der Waals surface area contributed by atoms with Crippen LogP contribution in [-0.2, 0) is 0 Å². The Labute approximate surface area is 95.1 Å². The molecular formula is C12H11NOSe.